The maximum atomic E-state index is 12.9. The van der Waals surface area contributed by atoms with Crippen LogP contribution < -0.4 is 0 Å². The summed E-state index contributed by atoms with van der Waals surface area (Å²) in [6.07, 6.45) is 0. The second-order valence-corrected chi connectivity index (χ2v) is 5.68. The van der Waals surface area contributed by atoms with Crippen LogP contribution in [0.4, 0.5) is 8.78 Å². The number of benzene rings is 1. The maximum Gasteiger partial charge on any atom is 0.321 e. The zero-order valence-corrected chi connectivity index (χ0v) is 10.6. The van der Waals surface area contributed by atoms with Gasteiger partial charge in [-0.3, -0.25) is 0 Å². The molecule has 0 fully saturated rings. The van der Waals surface area contributed by atoms with E-state index in [2.05, 4.69) is 20.8 Å². The quantitative estimate of drug-likeness (QED) is 0.530. The van der Waals surface area contributed by atoms with Crippen molar-refractivity contribution in [2.75, 3.05) is 0 Å². The number of rotatable bonds is 1. The van der Waals surface area contributed by atoms with Gasteiger partial charge in [0.25, 0.3) is 0 Å². The van der Waals surface area contributed by atoms with E-state index in [0.717, 1.165) is 28.2 Å². The first-order chi connectivity index (χ1) is 6.21. The molecular weight excluding hydrogens is 297 g/mol. The Balaban J connectivity index is 3.02. The fourth-order valence-corrected chi connectivity index (χ4v) is 1.52. The molecule has 0 atom stereocenters. The van der Waals surface area contributed by atoms with Gasteiger partial charge in [0.05, 0.1) is 0 Å². The molecule has 1 rings (SSSR count). The molecule has 0 bridgehead atoms. The summed E-state index contributed by atoms with van der Waals surface area (Å²) in [5.41, 5.74) is 1.15. The zero-order valence-electron chi connectivity index (χ0n) is 8.44. The summed E-state index contributed by atoms with van der Waals surface area (Å²) in [4.78, 5) is 0. The minimum absolute atomic E-state index is 0.0130. The summed E-state index contributed by atoms with van der Waals surface area (Å²) >= 11 is 1.14. The van der Waals surface area contributed by atoms with E-state index in [4.69, 9.17) is 0 Å². The first-order valence-electron chi connectivity index (χ1n) is 4.39. The molecule has 14 heavy (non-hydrogen) atoms. The molecule has 0 amide bonds. The van der Waals surface area contributed by atoms with E-state index in [1.807, 2.05) is 0 Å². The van der Waals surface area contributed by atoms with Crippen LogP contribution in [0.2, 0.25) is 0 Å². The Morgan fingerprint density at radius 2 is 1.29 bits per heavy atom. The SMILES string of the molecule is CC(C)(C)c1ccc(C(F)(F)I)cc1. The van der Waals surface area contributed by atoms with E-state index < -0.39 is 3.93 Å². The highest BCUT2D eigenvalue weighted by atomic mass is 127. The van der Waals surface area contributed by atoms with Crippen molar-refractivity contribution >= 4 is 22.6 Å². The molecular formula is C11H13F2I. The summed E-state index contributed by atoms with van der Waals surface area (Å²) in [6, 6.07) is 6.52. The van der Waals surface area contributed by atoms with Gasteiger partial charge in [-0.25, -0.2) is 0 Å². The van der Waals surface area contributed by atoms with Gasteiger partial charge in [-0.05, 0) is 11.0 Å². The third-order valence-corrected chi connectivity index (χ3v) is 2.70. The Labute approximate surface area is 96.8 Å². The highest BCUT2D eigenvalue weighted by molar-refractivity contribution is 14.1. The topological polar surface area (TPSA) is 0 Å². The van der Waals surface area contributed by atoms with Gasteiger partial charge in [0.1, 0.15) is 0 Å². The molecule has 0 saturated carbocycles. The summed E-state index contributed by atoms with van der Waals surface area (Å²) < 4.78 is 23.0. The van der Waals surface area contributed by atoms with Gasteiger partial charge in [0, 0.05) is 28.2 Å². The van der Waals surface area contributed by atoms with Gasteiger partial charge in [0.2, 0.25) is 0 Å². The van der Waals surface area contributed by atoms with Gasteiger partial charge >= 0.3 is 3.93 Å². The van der Waals surface area contributed by atoms with Crippen LogP contribution in [0.25, 0.3) is 0 Å². The number of halogens is 3. The van der Waals surface area contributed by atoms with Crippen LogP contribution in [-0.2, 0) is 9.34 Å². The molecule has 0 aromatic heterocycles. The minimum Gasteiger partial charge on any atom is -0.189 e. The highest BCUT2D eigenvalue weighted by Gasteiger charge is 2.26. The first kappa shape index (κ1) is 11.9. The summed E-state index contributed by atoms with van der Waals surface area (Å²) in [5, 5.41) is 0. The van der Waals surface area contributed by atoms with Gasteiger partial charge in [-0.2, -0.15) is 8.78 Å². The normalized spacial score (nSPS) is 13.0. The fourth-order valence-electron chi connectivity index (χ4n) is 1.16. The van der Waals surface area contributed by atoms with Crippen LogP contribution in [0.3, 0.4) is 0 Å². The van der Waals surface area contributed by atoms with Gasteiger partial charge < -0.3 is 0 Å². The van der Waals surface area contributed by atoms with E-state index in [0.29, 0.717) is 0 Å². The molecule has 0 aliphatic heterocycles. The Bertz CT molecular complexity index is 271. The maximum absolute atomic E-state index is 12.9. The van der Waals surface area contributed by atoms with Crippen molar-refractivity contribution in [3.8, 4) is 0 Å². The van der Waals surface area contributed by atoms with Crippen molar-refractivity contribution in [2.24, 2.45) is 0 Å². The monoisotopic (exact) mass is 310 g/mol. The summed E-state index contributed by atoms with van der Waals surface area (Å²) in [5.74, 6) is 0. The van der Waals surface area contributed by atoms with Crippen LogP contribution in [0.15, 0.2) is 24.3 Å². The lowest BCUT2D eigenvalue weighted by Gasteiger charge is -2.19. The van der Waals surface area contributed by atoms with Gasteiger partial charge in [-0.1, -0.05) is 45.0 Å². The molecule has 1 aromatic carbocycles. The second kappa shape index (κ2) is 3.76. The van der Waals surface area contributed by atoms with Crippen LogP contribution in [0.1, 0.15) is 31.9 Å². The molecule has 0 heterocycles. The molecule has 3 heteroatoms. The summed E-state index contributed by atoms with van der Waals surface area (Å²) in [6.45, 7) is 6.18. The van der Waals surface area contributed by atoms with Gasteiger partial charge in [0.15, 0.2) is 0 Å². The molecule has 0 nitrogen and oxygen atoms in total. The van der Waals surface area contributed by atoms with E-state index in [1.54, 1.807) is 12.1 Å². The zero-order chi connectivity index (χ0) is 11.0. The largest absolute Gasteiger partial charge is 0.321 e. The fraction of sp³-hybridized carbons (Fsp3) is 0.455. The van der Waals surface area contributed by atoms with Crippen LogP contribution in [-0.4, -0.2) is 0 Å². The molecule has 0 aliphatic rings. The molecule has 1 aromatic rings. The predicted molar refractivity (Wildman–Crippen MR) is 63.1 cm³/mol. The first-order valence-corrected chi connectivity index (χ1v) is 5.47. The van der Waals surface area contributed by atoms with Crippen molar-refractivity contribution in [1.29, 1.82) is 0 Å². The number of hydrogen-bond acceptors (Lipinski definition) is 0. The Kier molecular flexibility index (Phi) is 3.19. The highest BCUT2D eigenvalue weighted by Crippen LogP contribution is 2.35. The van der Waals surface area contributed by atoms with Crippen LogP contribution in [0, 0.1) is 0 Å². The Hall–Kier alpha value is -0.190. The molecule has 0 N–H and O–H groups in total. The number of hydrogen-bond donors (Lipinski definition) is 0. The standard InChI is InChI=1S/C11H13F2I/c1-10(2,3)8-4-6-9(7-5-8)11(12,13)14/h4-7H,1-3H3. The van der Waals surface area contributed by atoms with Crippen LogP contribution >= 0.6 is 22.6 Å². The smallest absolute Gasteiger partial charge is 0.189 e. The van der Waals surface area contributed by atoms with E-state index >= 15 is 0 Å². The predicted octanol–water partition coefficient (Wildman–Crippen LogP) is 4.47. The lowest BCUT2D eigenvalue weighted by Crippen LogP contribution is -2.11. The van der Waals surface area contributed by atoms with Crippen LogP contribution in [0.5, 0.6) is 0 Å². The molecule has 0 saturated heterocycles. The van der Waals surface area contributed by atoms with Crippen molar-refractivity contribution < 1.29 is 8.78 Å². The average Bonchev–Trinajstić information content (AvgIpc) is 2.01. The Morgan fingerprint density at radius 1 is 0.929 bits per heavy atom. The average molecular weight is 310 g/mol. The van der Waals surface area contributed by atoms with Crippen molar-refractivity contribution in [1.82, 2.24) is 0 Å². The van der Waals surface area contributed by atoms with E-state index in [9.17, 15) is 8.78 Å². The number of alkyl halides is 3. The molecule has 0 unspecified atom stereocenters. The van der Waals surface area contributed by atoms with Gasteiger partial charge in [-0.15, -0.1) is 0 Å². The van der Waals surface area contributed by atoms with E-state index in [-0.39, 0.29) is 11.0 Å². The lowest BCUT2D eigenvalue weighted by atomic mass is 9.87. The van der Waals surface area contributed by atoms with Crippen molar-refractivity contribution in [3.63, 3.8) is 0 Å². The molecule has 78 valence electrons. The summed E-state index contributed by atoms with van der Waals surface area (Å²) in [7, 11) is 0. The molecule has 0 radical (unpaired) electrons. The molecule has 0 spiro atoms. The lowest BCUT2D eigenvalue weighted by molar-refractivity contribution is 0.127. The van der Waals surface area contributed by atoms with E-state index in [1.165, 1.54) is 12.1 Å². The third-order valence-electron chi connectivity index (χ3n) is 2.08. The Morgan fingerprint density at radius 3 is 1.57 bits per heavy atom. The third kappa shape index (κ3) is 2.90. The van der Waals surface area contributed by atoms with Crippen molar-refractivity contribution in [2.45, 2.75) is 30.1 Å². The van der Waals surface area contributed by atoms with Crippen molar-refractivity contribution in [3.05, 3.63) is 35.4 Å². The molecule has 0 aliphatic carbocycles. The second-order valence-electron chi connectivity index (χ2n) is 4.33. The minimum atomic E-state index is -2.77.